The summed E-state index contributed by atoms with van der Waals surface area (Å²) >= 11 is 0. The van der Waals surface area contributed by atoms with Crippen molar-refractivity contribution in [1.29, 1.82) is 0 Å². The topological polar surface area (TPSA) is 29.5 Å². The van der Waals surface area contributed by atoms with Gasteiger partial charge in [0.15, 0.2) is 0 Å². The number of hydrogen-bond donors (Lipinski definition) is 0. The SMILES string of the molecule is CC.Cc1ccc(CCN2CCOCC2)cc1C=O. The van der Waals surface area contributed by atoms with Crippen molar-refractivity contribution in [2.45, 2.75) is 27.2 Å². The van der Waals surface area contributed by atoms with E-state index in [1.54, 1.807) is 0 Å². The predicted octanol–water partition coefficient (Wildman–Crippen LogP) is 2.71. The summed E-state index contributed by atoms with van der Waals surface area (Å²) in [5.74, 6) is 0. The number of carbonyl (C=O) groups is 1. The molecule has 1 aromatic carbocycles. The lowest BCUT2D eigenvalue weighted by atomic mass is 10.0. The van der Waals surface area contributed by atoms with Gasteiger partial charge in [0.2, 0.25) is 0 Å². The molecule has 0 amide bonds. The number of morpholine rings is 1. The van der Waals surface area contributed by atoms with Crippen LogP contribution in [0.4, 0.5) is 0 Å². The molecule has 0 bridgehead atoms. The lowest BCUT2D eigenvalue weighted by Crippen LogP contribution is -2.37. The van der Waals surface area contributed by atoms with Gasteiger partial charge >= 0.3 is 0 Å². The molecule has 0 saturated carbocycles. The van der Waals surface area contributed by atoms with Crippen molar-refractivity contribution < 1.29 is 9.53 Å². The van der Waals surface area contributed by atoms with Crippen molar-refractivity contribution in [1.82, 2.24) is 4.90 Å². The third-order valence-electron chi connectivity index (χ3n) is 3.29. The minimum Gasteiger partial charge on any atom is -0.379 e. The molecular formula is C16H25NO2. The van der Waals surface area contributed by atoms with E-state index in [4.69, 9.17) is 4.74 Å². The molecule has 0 radical (unpaired) electrons. The number of nitrogens with zero attached hydrogens (tertiary/aromatic N) is 1. The van der Waals surface area contributed by atoms with Gasteiger partial charge in [0.25, 0.3) is 0 Å². The first kappa shape index (κ1) is 15.9. The van der Waals surface area contributed by atoms with Gasteiger partial charge in [-0.15, -0.1) is 0 Å². The molecule has 1 fully saturated rings. The smallest absolute Gasteiger partial charge is 0.150 e. The average Bonchev–Trinajstić information content (AvgIpc) is 2.49. The third kappa shape index (κ3) is 5.13. The van der Waals surface area contributed by atoms with Crippen LogP contribution in [-0.2, 0) is 11.2 Å². The Balaban J connectivity index is 0.000000861. The first-order valence-corrected chi connectivity index (χ1v) is 7.14. The van der Waals surface area contributed by atoms with Crippen LogP contribution in [0.2, 0.25) is 0 Å². The van der Waals surface area contributed by atoms with Crippen LogP contribution in [0.3, 0.4) is 0 Å². The number of rotatable bonds is 4. The molecule has 0 atom stereocenters. The zero-order valence-electron chi connectivity index (χ0n) is 12.3. The van der Waals surface area contributed by atoms with Gasteiger partial charge in [0.1, 0.15) is 6.29 Å². The van der Waals surface area contributed by atoms with Gasteiger partial charge in [-0.05, 0) is 30.5 Å². The predicted molar refractivity (Wildman–Crippen MR) is 78.9 cm³/mol. The van der Waals surface area contributed by atoms with Crippen LogP contribution in [-0.4, -0.2) is 44.0 Å². The summed E-state index contributed by atoms with van der Waals surface area (Å²) < 4.78 is 5.32. The van der Waals surface area contributed by atoms with E-state index in [0.29, 0.717) is 0 Å². The van der Waals surface area contributed by atoms with Gasteiger partial charge < -0.3 is 4.74 Å². The molecule has 3 heteroatoms. The maximum Gasteiger partial charge on any atom is 0.150 e. The summed E-state index contributed by atoms with van der Waals surface area (Å²) in [5.41, 5.74) is 3.10. The quantitative estimate of drug-likeness (QED) is 0.782. The molecule has 2 rings (SSSR count). The highest BCUT2D eigenvalue weighted by molar-refractivity contribution is 5.77. The largest absolute Gasteiger partial charge is 0.379 e. The monoisotopic (exact) mass is 263 g/mol. The molecule has 1 heterocycles. The minimum absolute atomic E-state index is 0.810. The fourth-order valence-electron chi connectivity index (χ4n) is 2.08. The molecular weight excluding hydrogens is 238 g/mol. The molecule has 0 N–H and O–H groups in total. The van der Waals surface area contributed by atoms with Crippen molar-refractivity contribution in [3.63, 3.8) is 0 Å². The summed E-state index contributed by atoms with van der Waals surface area (Å²) in [6.45, 7) is 10.7. The number of benzene rings is 1. The van der Waals surface area contributed by atoms with Crippen LogP contribution in [0.25, 0.3) is 0 Å². The Kier molecular flexibility index (Phi) is 7.38. The Morgan fingerprint density at radius 1 is 1.26 bits per heavy atom. The van der Waals surface area contributed by atoms with Gasteiger partial charge in [-0.3, -0.25) is 9.69 Å². The van der Waals surface area contributed by atoms with Gasteiger partial charge in [-0.1, -0.05) is 26.0 Å². The van der Waals surface area contributed by atoms with Crippen molar-refractivity contribution in [3.8, 4) is 0 Å². The van der Waals surface area contributed by atoms with Crippen molar-refractivity contribution in [2.75, 3.05) is 32.8 Å². The van der Waals surface area contributed by atoms with Gasteiger partial charge in [0.05, 0.1) is 13.2 Å². The standard InChI is InChI=1S/C14H19NO2.C2H6/c1-12-2-3-13(10-14(12)11-16)4-5-15-6-8-17-9-7-15;1-2/h2-3,10-11H,4-9H2,1H3;1-2H3. The lowest BCUT2D eigenvalue weighted by molar-refractivity contribution is 0.0384. The van der Waals surface area contributed by atoms with Crippen LogP contribution in [0.5, 0.6) is 0 Å². The molecule has 0 unspecified atom stereocenters. The van der Waals surface area contributed by atoms with Gasteiger partial charge in [-0.25, -0.2) is 0 Å². The molecule has 1 saturated heterocycles. The normalized spacial score (nSPS) is 15.5. The third-order valence-corrected chi connectivity index (χ3v) is 3.29. The van der Waals surface area contributed by atoms with E-state index in [1.807, 2.05) is 32.9 Å². The highest BCUT2D eigenvalue weighted by atomic mass is 16.5. The molecule has 106 valence electrons. The highest BCUT2D eigenvalue weighted by Crippen LogP contribution is 2.10. The van der Waals surface area contributed by atoms with Crippen LogP contribution in [0, 0.1) is 6.92 Å². The molecule has 1 aliphatic rings. The molecule has 1 aliphatic heterocycles. The summed E-state index contributed by atoms with van der Waals surface area (Å²) in [6, 6.07) is 6.14. The number of hydrogen-bond acceptors (Lipinski definition) is 3. The Morgan fingerprint density at radius 3 is 2.58 bits per heavy atom. The fourth-order valence-corrected chi connectivity index (χ4v) is 2.08. The van der Waals surface area contributed by atoms with Crippen LogP contribution in [0.15, 0.2) is 18.2 Å². The highest BCUT2D eigenvalue weighted by Gasteiger charge is 2.10. The zero-order valence-corrected chi connectivity index (χ0v) is 12.3. The fraction of sp³-hybridized carbons (Fsp3) is 0.562. The molecule has 3 nitrogen and oxygen atoms in total. The van der Waals surface area contributed by atoms with Crippen molar-refractivity contribution in [3.05, 3.63) is 34.9 Å². The second-order valence-corrected chi connectivity index (χ2v) is 4.51. The molecule has 19 heavy (non-hydrogen) atoms. The minimum atomic E-state index is 0.810. The number of carbonyl (C=O) groups excluding carboxylic acids is 1. The summed E-state index contributed by atoms with van der Waals surface area (Å²) in [6.07, 6.45) is 1.94. The summed E-state index contributed by atoms with van der Waals surface area (Å²) in [7, 11) is 0. The Bertz CT molecular complexity index is 384. The Labute approximate surface area is 116 Å². The number of ether oxygens (including phenoxy) is 1. The van der Waals surface area contributed by atoms with E-state index >= 15 is 0 Å². The van der Waals surface area contributed by atoms with Crippen LogP contribution >= 0.6 is 0 Å². The number of aldehydes is 1. The van der Waals surface area contributed by atoms with E-state index in [-0.39, 0.29) is 0 Å². The first-order chi connectivity index (χ1) is 9.29. The van der Waals surface area contributed by atoms with E-state index in [9.17, 15) is 4.79 Å². The van der Waals surface area contributed by atoms with E-state index < -0.39 is 0 Å². The van der Waals surface area contributed by atoms with Crippen LogP contribution in [0.1, 0.15) is 35.3 Å². The molecule has 0 spiro atoms. The maximum atomic E-state index is 10.9. The van der Waals surface area contributed by atoms with Gasteiger partial charge in [-0.2, -0.15) is 0 Å². The van der Waals surface area contributed by atoms with Gasteiger partial charge in [0, 0.05) is 25.2 Å². The Morgan fingerprint density at radius 2 is 1.95 bits per heavy atom. The molecule has 0 aliphatic carbocycles. The Hall–Kier alpha value is -1.19. The average molecular weight is 263 g/mol. The lowest BCUT2D eigenvalue weighted by Gasteiger charge is -2.26. The van der Waals surface area contributed by atoms with Crippen LogP contribution < -0.4 is 0 Å². The second kappa shape index (κ2) is 8.83. The van der Waals surface area contributed by atoms with E-state index in [0.717, 1.165) is 56.7 Å². The van der Waals surface area contributed by atoms with E-state index in [1.165, 1.54) is 5.56 Å². The zero-order chi connectivity index (χ0) is 14.1. The maximum absolute atomic E-state index is 10.9. The van der Waals surface area contributed by atoms with E-state index in [2.05, 4.69) is 11.0 Å². The van der Waals surface area contributed by atoms with Crippen molar-refractivity contribution in [2.24, 2.45) is 0 Å². The molecule has 0 aromatic heterocycles. The summed E-state index contributed by atoms with van der Waals surface area (Å²) in [4.78, 5) is 13.3. The first-order valence-electron chi connectivity index (χ1n) is 7.14. The number of aryl methyl sites for hydroxylation is 1. The summed E-state index contributed by atoms with van der Waals surface area (Å²) in [5, 5.41) is 0. The van der Waals surface area contributed by atoms with Crippen molar-refractivity contribution >= 4 is 6.29 Å². The second-order valence-electron chi connectivity index (χ2n) is 4.51. The molecule has 1 aromatic rings.